The van der Waals surface area contributed by atoms with Crippen molar-refractivity contribution in [1.29, 1.82) is 0 Å². The summed E-state index contributed by atoms with van der Waals surface area (Å²) in [6.07, 6.45) is 0.953. The second-order valence-corrected chi connectivity index (χ2v) is 5.27. The molecule has 0 fully saturated rings. The van der Waals surface area contributed by atoms with Crippen molar-refractivity contribution in [3.8, 4) is 0 Å². The number of nitrogens with one attached hydrogen (secondary N) is 1. The third kappa shape index (κ3) is 5.50. The Morgan fingerprint density at radius 2 is 2.00 bits per heavy atom. The van der Waals surface area contributed by atoms with Crippen LogP contribution in [-0.2, 0) is 4.79 Å². The number of nitrogens with two attached hydrogens (primary N) is 1. The number of carbonyl (C=O) groups is 1. The molecule has 3 N–H and O–H groups in total. The predicted octanol–water partition coefficient (Wildman–Crippen LogP) is 1.21. The van der Waals surface area contributed by atoms with Gasteiger partial charge >= 0.3 is 0 Å². The molecule has 1 unspecified atom stereocenters. The quantitative estimate of drug-likeness (QED) is 0.673. The molecule has 0 heterocycles. The topological polar surface area (TPSA) is 58.4 Å². The monoisotopic (exact) mass is 243 g/mol. The third-order valence-electron chi connectivity index (χ3n) is 3.39. The maximum Gasteiger partial charge on any atom is 0.234 e. The van der Waals surface area contributed by atoms with E-state index in [1.807, 2.05) is 0 Å². The van der Waals surface area contributed by atoms with Crippen molar-refractivity contribution in [1.82, 2.24) is 10.2 Å². The molecule has 0 aromatic carbocycles. The zero-order valence-corrected chi connectivity index (χ0v) is 12.0. The molecular formula is C13H29N3O. The van der Waals surface area contributed by atoms with E-state index in [1.165, 1.54) is 0 Å². The minimum Gasteiger partial charge on any atom is -0.355 e. The van der Waals surface area contributed by atoms with Crippen molar-refractivity contribution < 1.29 is 4.79 Å². The van der Waals surface area contributed by atoms with Gasteiger partial charge in [0.15, 0.2) is 0 Å². The summed E-state index contributed by atoms with van der Waals surface area (Å²) in [6, 6.07) is 0. The van der Waals surface area contributed by atoms with E-state index < -0.39 is 0 Å². The number of amides is 1. The van der Waals surface area contributed by atoms with Crippen LogP contribution in [0.5, 0.6) is 0 Å². The fourth-order valence-electron chi connectivity index (χ4n) is 1.73. The Balaban J connectivity index is 4.34. The van der Waals surface area contributed by atoms with Crippen molar-refractivity contribution >= 4 is 5.91 Å². The standard InChI is InChI=1S/C13H29N3O/c1-6-13(5,10-14)16(7-2)9-12(17)15-8-11(3)4/h11H,6-10,14H2,1-5H3,(H,15,17). The molecule has 4 nitrogen and oxygen atoms in total. The van der Waals surface area contributed by atoms with Crippen molar-refractivity contribution in [2.75, 3.05) is 26.2 Å². The van der Waals surface area contributed by atoms with Gasteiger partial charge in [-0.25, -0.2) is 0 Å². The Bertz CT molecular complexity index is 225. The first-order valence-electron chi connectivity index (χ1n) is 6.61. The van der Waals surface area contributed by atoms with E-state index in [4.69, 9.17) is 5.73 Å². The highest BCUT2D eigenvalue weighted by atomic mass is 16.2. The first-order chi connectivity index (χ1) is 7.89. The maximum atomic E-state index is 11.8. The summed E-state index contributed by atoms with van der Waals surface area (Å²) in [5.41, 5.74) is 5.74. The molecule has 0 saturated heterocycles. The average Bonchev–Trinajstić information content (AvgIpc) is 2.32. The number of likely N-dealkylation sites (N-methyl/N-ethyl adjacent to an activating group) is 1. The Hall–Kier alpha value is -0.610. The molecule has 0 aromatic heterocycles. The molecule has 0 rings (SSSR count). The number of carbonyl (C=O) groups excluding carboxylic acids is 1. The van der Waals surface area contributed by atoms with Gasteiger partial charge in [-0.2, -0.15) is 0 Å². The van der Waals surface area contributed by atoms with E-state index in [1.54, 1.807) is 0 Å². The molecule has 102 valence electrons. The van der Waals surface area contributed by atoms with Crippen LogP contribution >= 0.6 is 0 Å². The van der Waals surface area contributed by atoms with Crippen molar-refractivity contribution in [2.24, 2.45) is 11.7 Å². The highest BCUT2D eigenvalue weighted by Gasteiger charge is 2.28. The summed E-state index contributed by atoms with van der Waals surface area (Å²) < 4.78 is 0. The fourth-order valence-corrected chi connectivity index (χ4v) is 1.73. The Morgan fingerprint density at radius 3 is 2.35 bits per heavy atom. The zero-order valence-electron chi connectivity index (χ0n) is 12.0. The van der Waals surface area contributed by atoms with Gasteiger partial charge in [-0.3, -0.25) is 9.69 Å². The summed E-state index contributed by atoms with van der Waals surface area (Å²) >= 11 is 0. The molecule has 1 amide bonds. The summed E-state index contributed by atoms with van der Waals surface area (Å²) in [5.74, 6) is 0.578. The molecular weight excluding hydrogens is 214 g/mol. The van der Waals surface area contributed by atoms with Crippen LogP contribution in [0.2, 0.25) is 0 Å². The van der Waals surface area contributed by atoms with Gasteiger partial charge in [0.05, 0.1) is 6.54 Å². The van der Waals surface area contributed by atoms with Gasteiger partial charge in [0.25, 0.3) is 0 Å². The van der Waals surface area contributed by atoms with Crippen LogP contribution in [0.1, 0.15) is 41.0 Å². The summed E-state index contributed by atoms with van der Waals surface area (Å²) in [6.45, 7) is 13.1. The van der Waals surface area contributed by atoms with Crippen LogP contribution in [0, 0.1) is 5.92 Å². The molecule has 17 heavy (non-hydrogen) atoms. The summed E-state index contributed by atoms with van der Waals surface area (Å²) in [5, 5.41) is 2.95. The van der Waals surface area contributed by atoms with Crippen LogP contribution in [0.3, 0.4) is 0 Å². The minimum atomic E-state index is -0.0794. The van der Waals surface area contributed by atoms with Gasteiger partial charge in [-0.1, -0.05) is 27.7 Å². The van der Waals surface area contributed by atoms with Gasteiger partial charge in [-0.15, -0.1) is 0 Å². The van der Waals surface area contributed by atoms with Gasteiger partial charge in [-0.05, 0) is 25.8 Å². The second kappa shape index (κ2) is 7.67. The second-order valence-electron chi connectivity index (χ2n) is 5.27. The van der Waals surface area contributed by atoms with E-state index in [2.05, 4.69) is 44.8 Å². The fraction of sp³-hybridized carbons (Fsp3) is 0.923. The Morgan fingerprint density at radius 1 is 1.41 bits per heavy atom. The largest absolute Gasteiger partial charge is 0.355 e. The Labute approximate surface area is 106 Å². The highest BCUT2D eigenvalue weighted by molar-refractivity contribution is 5.78. The van der Waals surface area contributed by atoms with Crippen LogP contribution in [0.4, 0.5) is 0 Å². The average molecular weight is 243 g/mol. The molecule has 0 aliphatic heterocycles. The minimum absolute atomic E-state index is 0.0794. The van der Waals surface area contributed by atoms with E-state index in [9.17, 15) is 4.79 Å². The van der Waals surface area contributed by atoms with E-state index in [0.717, 1.165) is 19.5 Å². The van der Waals surface area contributed by atoms with Gasteiger partial charge in [0.1, 0.15) is 0 Å². The van der Waals surface area contributed by atoms with Crippen LogP contribution in [0.25, 0.3) is 0 Å². The zero-order chi connectivity index (χ0) is 13.5. The summed E-state index contributed by atoms with van der Waals surface area (Å²) in [4.78, 5) is 14.0. The molecule has 4 heteroatoms. The van der Waals surface area contributed by atoms with Gasteiger partial charge in [0, 0.05) is 18.6 Å². The predicted molar refractivity (Wildman–Crippen MR) is 72.8 cm³/mol. The molecule has 0 spiro atoms. The lowest BCUT2D eigenvalue weighted by Gasteiger charge is -2.39. The van der Waals surface area contributed by atoms with Crippen molar-refractivity contribution in [3.63, 3.8) is 0 Å². The third-order valence-corrected chi connectivity index (χ3v) is 3.39. The molecule has 0 saturated carbocycles. The lowest BCUT2D eigenvalue weighted by molar-refractivity contribution is -0.123. The van der Waals surface area contributed by atoms with Crippen molar-refractivity contribution in [3.05, 3.63) is 0 Å². The highest BCUT2D eigenvalue weighted by Crippen LogP contribution is 2.17. The normalized spacial score (nSPS) is 15.1. The number of rotatable bonds is 8. The van der Waals surface area contributed by atoms with E-state index in [0.29, 0.717) is 19.0 Å². The smallest absolute Gasteiger partial charge is 0.234 e. The SMILES string of the molecule is CCN(CC(=O)NCC(C)C)C(C)(CC)CN. The van der Waals surface area contributed by atoms with Crippen LogP contribution in [0.15, 0.2) is 0 Å². The molecule has 1 atom stereocenters. The number of hydrogen-bond acceptors (Lipinski definition) is 3. The molecule has 0 aromatic rings. The van der Waals surface area contributed by atoms with E-state index >= 15 is 0 Å². The Kier molecular flexibility index (Phi) is 7.39. The van der Waals surface area contributed by atoms with E-state index in [-0.39, 0.29) is 11.4 Å². The van der Waals surface area contributed by atoms with Crippen LogP contribution in [-0.4, -0.2) is 42.5 Å². The van der Waals surface area contributed by atoms with Gasteiger partial charge in [0.2, 0.25) is 5.91 Å². The molecule has 0 radical (unpaired) electrons. The van der Waals surface area contributed by atoms with Crippen LogP contribution < -0.4 is 11.1 Å². The lowest BCUT2D eigenvalue weighted by atomic mass is 9.96. The lowest BCUT2D eigenvalue weighted by Crippen LogP contribution is -2.54. The summed E-state index contributed by atoms with van der Waals surface area (Å²) in [7, 11) is 0. The molecule has 0 bridgehead atoms. The first kappa shape index (κ1) is 16.4. The number of hydrogen-bond donors (Lipinski definition) is 2. The van der Waals surface area contributed by atoms with Gasteiger partial charge < -0.3 is 11.1 Å². The molecule has 0 aliphatic rings. The first-order valence-corrected chi connectivity index (χ1v) is 6.61. The number of nitrogens with zero attached hydrogens (tertiary/aromatic N) is 1. The molecule has 0 aliphatic carbocycles. The maximum absolute atomic E-state index is 11.8. The van der Waals surface area contributed by atoms with Crippen molar-refractivity contribution in [2.45, 2.75) is 46.6 Å².